The number of benzene rings is 2. The second kappa shape index (κ2) is 6.23. The highest BCUT2D eigenvalue weighted by molar-refractivity contribution is 8.00. The van der Waals surface area contributed by atoms with E-state index in [-0.39, 0.29) is 11.2 Å². The number of oxazole rings is 1. The molecule has 0 bridgehead atoms. The molecule has 1 heterocycles. The molecule has 1 amide bonds. The number of amides is 1. The monoisotopic (exact) mass is 312 g/mol. The second-order valence-corrected chi connectivity index (χ2v) is 6.23. The van der Waals surface area contributed by atoms with E-state index in [9.17, 15) is 4.79 Å². The zero-order chi connectivity index (χ0) is 15.5. The smallest absolute Gasteiger partial charge is 0.257 e. The molecule has 0 saturated heterocycles. The molecule has 1 atom stereocenters. The molecular formula is C17H16N2O2S. The van der Waals surface area contributed by atoms with Crippen molar-refractivity contribution in [2.75, 3.05) is 11.9 Å². The summed E-state index contributed by atoms with van der Waals surface area (Å²) in [7, 11) is 1.78. The Morgan fingerprint density at radius 1 is 1.14 bits per heavy atom. The van der Waals surface area contributed by atoms with E-state index in [2.05, 4.69) is 4.98 Å². The fraction of sp³-hybridized carbons (Fsp3) is 0.176. The lowest BCUT2D eigenvalue weighted by Crippen LogP contribution is -2.33. The maximum Gasteiger partial charge on any atom is 0.257 e. The van der Waals surface area contributed by atoms with Crippen LogP contribution in [0.15, 0.2) is 64.2 Å². The van der Waals surface area contributed by atoms with E-state index in [0.717, 1.165) is 16.8 Å². The maximum atomic E-state index is 12.5. The largest absolute Gasteiger partial charge is 0.431 e. The minimum atomic E-state index is -0.279. The topological polar surface area (TPSA) is 46.3 Å². The number of para-hydroxylation sites is 3. The summed E-state index contributed by atoms with van der Waals surface area (Å²) in [5.74, 6) is 0.0125. The molecule has 0 aliphatic heterocycles. The Balaban J connectivity index is 1.73. The van der Waals surface area contributed by atoms with Crippen molar-refractivity contribution >= 4 is 34.5 Å². The average molecular weight is 312 g/mol. The maximum absolute atomic E-state index is 12.5. The number of carbonyl (C=O) groups is 1. The summed E-state index contributed by atoms with van der Waals surface area (Å²) < 4.78 is 5.66. The number of fused-ring (bicyclic) bond motifs is 1. The molecule has 0 unspecified atom stereocenters. The summed E-state index contributed by atoms with van der Waals surface area (Å²) in [6.07, 6.45) is 0. The molecule has 0 aliphatic carbocycles. The molecule has 0 aliphatic rings. The fourth-order valence-corrected chi connectivity index (χ4v) is 3.00. The summed E-state index contributed by atoms with van der Waals surface area (Å²) in [6, 6.07) is 17.2. The van der Waals surface area contributed by atoms with Crippen LogP contribution in [0.1, 0.15) is 6.92 Å². The van der Waals surface area contributed by atoms with Crippen LogP contribution in [-0.2, 0) is 4.79 Å². The minimum Gasteiger partial charge on any atom is -0.431 e. The van der Waals surface area contributed by atoms with Gasteiger partial charge >= 0.3 is 0 Å². The Morgan fingerprint density at radius 2 is 1.82 bits per heavy atom. The molecule has 2 aromatic carbocycles. The summed E-state index contributed by atoms with van der Waals surface area (Å²) in [5, 5.41) is 0.238. The first-order valence-electron chi connectivity index (χ1n) is 7.00. The lowest BCUT2D eigenvalue weighted by molar-refractivity contribution is -0.117. The van der Waals surface area contributed by atoms with Gasteiger partial charge in [0.15, 0.2) is 5.58 Å². The molecule has 3 rings (SSSR count). The van der Waals surface area contributed by atoms with Crippen molar-refractivity contribution in [1.82, 2.24) is 4.98 Å². The molecular weight excluding hydrogens is 296 g/mol. The summed E-state index contributed by atoms with van der Waals surface area (Å²) in [5.41, 5.74) is 2.42. The number of hydrogen-bond donors (Lipinski definition) is 0. The van der Waals surface area contributed by atoms with Gasteiger partial charge in [-0.05, 0) is 31.2 Å². The van der Waals surface area contributed by atoms with Gasteiger partial charge in [-0.3, -0.25) is 4.79 Å². The number of hydrogen-bond acceptors (Lipinski definition) is 4. The van der Waals surface area contributed by atoms with Gasteiger partial charge in [0.25, 0.3) is 5.22 Å². The molecule has 3 aromatic rings. The van der Waals surface area contributed by atoms with E-state index >= 15 is 0 Å². The third kappa shape index (κ3) is 2.99. The van der Waals surface area contributed by atoms with E-state index in [1.807, 2.05) is 61.5 Å². The standard InChI is InChI=1S/C17H16N2O2S/c1-12(16(20)19(2)13-8-4-3-5-9-13)22-17-18-14-10-6-7-11-15(14)21-17/h3-12H,1-2H3/t12-/m0/s1. The van der Waals surface area contributed by atoms with Crippen LogP contribution in [0.4, 0.5) is 5.69 Å². The van der Waals surface area contributed by atoms with Crippen LogP contribution in [-0.4, -0.2) is 23.2 Å². The first-order chi connectivity index (χ1) is 10.6. The minimum absolute atomic E-state index is 0.0125. The van der Waals surface area contributed by atoms with Crippen molar-refractivity contribution in [3.63, 3.8) is 0 Å². The summed E-state index contributed by atoms with van der Waals surface area (Å²) in [4.78, 5) is 18.5. The Bertz CT molecular complexity index is 752. The fourth-order valence-electron chi connectivity index (χ4n) is 2.15. The van der Waals surface area contributed by atoms with E-state index in [1.165, 1.54) is 11.8 Å². The average Bonchev–Trinajstić information content (AvgIpc) is 2.96. The lowest BCUT2D eigenvalue weighted by Gasteiger charge is -2.20. The quantitative estimate of drug-likeness (QED) is 0.684. The zero-order valence-electron chi connectivity index (χ0n) is 12.4. The lowest BCUT2D eigenvalue weighted by atomic mass is 10.3. The van der Waals surface area contributed by atoms with Crippen LogP contribution in [0.2, 0.25) is 0 Å². The molecule has 112 valence electrons. The number of carbonyl (C=O) groups excluding carboxylic acids is 1. The third-order valence-electron chi connectivity index (χ3n) is 3.37. The van der Waals surface area contributed by atoms with Gasteiger partial charge in [0.1, 0.15) is 5.52 Å². The van der Waals surface area contributed by atoms with Crippen LogP contribution >= 0.6 is 11.8 Å². The van der Waals surface area contributed by atoms with E-state index < -0.39 is 0 Å². The number of anilines is 1. The van der Waals surface area contributed by atoms with Crippen LogP contribution in [0, 0.1) is 0 Å². The van der Waals surface area contributed by atoms with Gasteiger partial charge in [-0.1, -0.05) is 42.1 Å². The third-order valence-corrected chi connectivity index (χ3v) is 4.31. The first-order valence-corrected chi connectivity index (χ1v) is 7.88. The molecule has 0 fully saturated rings. The van der Waals surface area contributed by atoms with Gasteiger partial charge in [-0.2, -0.15) is 0 Å². The van der Waals surface area contributed by atoms with Crippen molar-refractivity contribution in [3.8, 4) is 0 Å². The molecule has 1 aromatic heterocycles. The normalized spacial score (nSPS) is 12.3. The van der Waals surface area contributed by atoms with Gasteiger partial charge in [-0.15, -0.1) is 0 Å². The summed E-state index contributed by atoms with van der Waals surface area (Å²) in [6.45, 7) is 1.86. The SMILES string of the molecule is C[C@H](Sc1nc2ccccc2o1)C(=O)N(C)c1ccccc1. The molecule has 0 radical (unpaired) electrons. The number of nitrogens with zero attached hydrogens (tertiary/aromatic N) is 2. The Labute approximate surface area is 133 Å². The van der Waals surface area contributed by atoms with E-state index in [4.69, 9.17) is 4.42 Å². The molecule has 0 N–H and O–H groups in total. The van der Waals surface area contributed by atoms with Gasteiger partial charge in [0.05, 0.1) is 5.25 Å². The van der Waals surface area contributed by atoms with Gasteiger partial charge < -0.3 is 9.32 Å². The number of thioether (sulfide) groups is 1. The number of aromatic nitrogens is 1. The van der Waals surface area contributed by atoms with Crippen molar-refractivity contribution in [2.45, 2.75) is 17.4 Å². The highest BCUT2D eigenvalue weighted by atomic mass is 32.2. The predicted octanol–water partition coefficient (Wildman–Crippen LogP) is 3.97. The van der Waals surface area contributed by atoms with Crippen molar-refractivity contribution in [1.29, 1.82) is 0 Å². The van der Waals surface area contributed by atoms with Crippen LogP contribution in [0.5, 0.6) is 0 Å². The number of rotatable bonds is 4. The molecule has 4 nitrogen and oxygen atoms in total. The van der Waals surface area contributed by atoms with E-state index in [0.29, 0.717) is 5.22 Å². The first kappa shape index (κ1) is 14.7. The zero-order valence-corrected chi connectivity index (χ0v) is 13.2. The molecule has 0 saturated carbocycles. The van der Waals surface area contributed by atoms with Crippen LogP contribution in [0.3, 0.4) is 0 Å². The molecule has 5 heteroatoms. The van der Waals surface area contributed by atoms with Gasteiger partial charge in [-0.25, -0.2) is 4.98 Å². The van der Waals surface area contributed by atoms with E-state index in [1.54, 1.807) is 11.9 Å². The van der Waals surface area contributed by atoms with Crippen LogP contribution < -0.4 is 4.90 Å². The van der Waals surface area contributed by atoms with Crippen molar-refractivity contribution in [3.05, 3.63) is 54.6 Å². The Morgan fingerprint density at radius 3 is 2.55 bits per heavy atom. The predicted molar refractivity (Wildman–Crippen MR) is 89.2 cm³/mol. The van der Waals surface area contributed by atoms with Crippen molar-refractivity contribution in [2.24, 2.45) is 0 Å². The van der Waals surface area contributed by atoms with Gasteiger partial charge in [0, 0.05) is 12.7 Å². The molecule has 22 heavy (non-hydrogen) atoms. The molecule has 0 spiro atoms. The second-order valence-electron chi connectivity index (χ2n) is 4.94. The van der Waals surface area contributed by atoms with Crippen molar-refractivity contribution < 1.29 is 9.21 Å². The summed E-state index contributed by atoms with van der Waals surface area (Å²) >= 11 is 1.33. The van der Waals surface area contributed by atoms with Gasteiger partial charge in [0.2, 0.25) is 5.91 Å². The highest BCUT2D eigenvalue weighted by Gasteiger charge is 2.22. The Kier molecular flexibility index (Phi) is 4.15. The van der Waals surface area contributed by atoms with Crippen LogP contribution in [0.25, 0.3) is 11.1 Å². The highest BCUT2D eigenvalue weighted by Crippen LogP contribution is 2.28. The Hall–Kier alpha value is -2.27.